The van der Waals surface area contributed by atoms with Crippen molar-refractivity contribution in [2.45, 2.75) is 13.3 Å². The molecule has 8 heteroatoms. The van der Waals surface area contributed by atoms with Crippen molar-refractivity contribution in [3.05, 3.63) is 54.6 Å². The van der Waals surface area contributed by atoms with Crippen LogP contribution in [0.2, 0.25) is 0 Å². The number of carbonyl (C=O) groups excluding carboxylic acids is 1. The lowest BCUT2D eigenvalue weighted by molar-refractivity contribution is -0.119. The van der Waals surface area contributed by atoms with E-state index in [1.54, 1.807) is 54.3 Å². The van der Waals surface area contributed by atoms with Gasteiger partial charge in [-0.3, -0.25) is 4.79 Å². The number of amides is 1. The summed E-state index contributed by atoms with van der Waals surface area (Å²) >= 11 is 0. The molecule has 1 N–H and O–H groups in total. The topological polar surface area (TPSA) is 91.2 Å². The average molecular weight is 365 g/mol. The Labute approximate surface area is 156 Å². The summed E-state index contributed by atoms with van der Waals surface area (Å²) in [4.78, 5) is 20.8. The highest BCUT2D eigenvalue weighted by atomic mass is 16.5. The smallest absolute Gasteiger partial charge is 0.229 e. The Morgan fingerprint density at radius 1 is 1.30 bits per heavy atom. The maximum atomic E-state index is 12.1. The first-order chi connectivity index (χ1) is 13.2. The van der Waals surface area contributed by atoms with Gasteiger partial charge in [-0.2, -0.15) is 10.1 Å². The molecule has 1 unspecified atom stereocenters. The van der Waals surface area contributed by atoms with E-state index in [2.05, 4.69) is 20.4 Å². The number of ether oxygens (including phenoxy) is 2. The highest BCUT2D eigenvalue weighted by Crippen LogP contribution is 2.23. The summed E-state index contributed by atoms with van der Waals surface area (Å²) in [6.45, 7) is 2.92. The van der Waals surface area contributed by atoms with Gasteiger partial charge in [-0.1, -0.05) is 0 Å². The minimum absolute atomic E-state index is 0.0172. The number of carbonyl (C=O) groups is 1. The van der Waals surface area contributed by atoms with Gasteiger partial charge < -0.3 is 14.8 Å². The van der Waals surface area contributed by atoms with Gasteiger partial charge in [0, 0.05) is 30.8 Å². The van der Waals surface area contributed by atoms with Crippen LogP contribution in [-0.2, 0) is 9.53 Å². The van der Waals surface area contributed by atoms with E-state index in [4.69, 9.17) is 9.47 Å². The fourth-order valence-electron chi connectivity index (χ4n) is 2.81. The first-order valence-corrected chi connectivity index (χ1v) is 8.69. The Bertz CT molecular complexity index is 919. The van der Waals surface area contributed by atoms with Crippen molar-refractivity contribution in [3.63, 3.8) is 0 Å². The molecule has 0 saturated carbocycles. The van der Waals surface area contributed by atoms with Gasteiger partial charge in [-0.15, -0.1) is 0 Å². The summed E-state index contributed by atoms with van der Waals surface area (Å²) in [5.41, 5.74) is 0.718. The third-order valence-corrected chi connectivity index (χ3v) is 4.18. The van der Waals surface area contributed by atoms with E-state index in [0.717, 1.165) is 12.1 Å². The third-order valence-electron chi connectivity index (χ3n) is 4.18. The molecule has 0 radical (unpaired) electrons. The van der Waals surface area contributed by atoms with E-state index in [1.165, 1.54) is 0 Å². The van der Waals surface area contributed by atoms with Crippen LogP contribution in [0.1, 0.15) is 12.2 Å². The average Bonchev–Trinajstić information content (AvgIpc) is 3.37. The second kappa shape index (κ2) is 7.55. The zero-order valence-electron chi connectivity index (χ0n) is 14.8. The van der Waals surface area contributed by atoms with Gasteiger partial charge in [0.15, 0.2) is 5.82 Å². The quantitative estimate of drug-likeness (QED) is 0.748. The van der Waals surface area contributed by atoms with Gasteiger partial charge in [0.1, 0.15) is 11.6 Å². The predicted octanol–water partition coefficient (Wildman–Crippen LogP) is 2.74. The Kier molecular flexibility index (Phi) is 4.80. The van der Waals surface area contributed by atoms with Crippen molar-refractivity contribution < 1.29 is 14.3 Å². The normalized spacial score (nSPS) is 16.3. The molecular formula is C19H19N5O3. The van der Waals surface area contributed by atoms with Crippen molar-refractivity contribution in [2.75, 3.05) is 18.5 Å². The van der Waals surface area contributed by atoms with Crippen LogP contribution in [-0.4, -0.2) is 38.9 Å². The SMILES string of the molecule is Cc1nc(Oc2ccc(NC(=O)C3CCOC3)cc2)cc(-n2cccn2)n1. The van der Waals surface area contributed by atoms with Crippen molar-refractivity contribution in [1.29, 1.82) is 0 Å². The molecular weight excluding hydrogens is 346 g/mol. The number of nitrogens with zero attached hydrogens (tertiary/aromatic N) is 4. The predicted molar refractivity (Wildman–Crippen MR) is 98.0 cm³/mol. The minimum atomic E-state index is -0.0781. The highest BCUT2D eigenvalue weighted by molar-refractivity contribution is 5.92. The van der Waals surface area contributed by atoms with Gasteiger partial charge in [0.05, 0.1) is 12.5 Å². The highest BCUT2D eigenvalue weighted by Gasteiger charge is 2.23. The third kappa shape index (κ3) is 4.12. The second-order valence-electron chi connectivity index (χ2n) is 6.24. The molecule has 138 valence electrons. The fraction of sp³-hybridized carbons (Fsp3) is 0.263. The number of hydrogen-bond donors (Lipinski definition) is 1. The summed E-state index contributed by atoms with van der Waals surface area (Å²) in [5, 5.41) is 7.07. The molecule has 1 fully saturated rings. The van der Waals surface area contributed by atoms with E-state index in [-0.39, 0.29) is 11.8 Å². The van der Waals surface area contributed by atoms with E-state index in [1.807, 2.05) is 6.07 Å². The van der Waals surface area contributed by atoms with Gasteiger partial charge in [0.25, 0.3) is 0 Å². The van der Waals surface area contributed by atoms with Crippen LogP contribution in [0, 0.1) is 12.8 Å². The summed E-state index contributed by atoms with van der Waals surface area (Å²) < 4.78 is 12.7. The Hall–Kier alpha value is -3.26. The van der Waals surface area contributed by atoms with E-state index >= 15 is 0 Å². The van der Waals surface area contributed by atoms with Crippen LogP contribution in [0.3, 0.4) is 0 Å². The molecule has 1 amide bonds. The minimum Gasteiger partial charge on any atom is -0.439 e. The summed E-state index contributed by atoms with van der Waals surface area (Å²) in [7, 11) is 0. The van der Waals surface area contributed by atoms with Crippen molar-refractivity contribution in [3.8, 4) is 17.4 Å². The largest absolute Gasteiger partial charge is 0.439 e. The molecule has 1 aliphatic rings. The van der Waals surface area contributed by atoms with Gasteiger partial charge in [-0.25, -0.2) is 9.67 Å². The number of anilines is 1. The lowest BCUT2D eigenvalue weighted by Gasteiger charge is -2.11. The summed E-state index contributed by atoms with van der Waals surface area (Å²) in [6, 6.07) is 10.7. The Balaban J connectivity index is 1.44. The van der Waals surface area contributed by atoms with Crippen LogP contribution in [0.25, 0.3) is 5.82 Å². The van der Waals surface area contributed by atoms with E-state index in [9.17, 15) is 4.79 Å². The number of benzene rings is 1. The first-order valence-electron chi connectivity index (χ1n) is 8.69. The Morgan fingerprint density at radius 3 is 2.85 bits per heavy atom. The number of aromatic nitrogens is 4. The van der Waals surface area contributed by atoms with E-state index < -0.39 is 0 Å². The van der Waals surface area contributed by atoms with E-state index in [0.29, 0.717) is 36.5 Å². The molecule has 3 aromatic rings. The lowest BCUT2D eigenvalue weighted by atomic mass is 10.1. The molecule has 0 spiro atoms. The molecule has 0 bridgehead atoms. The number of hydrogen-bond acceptors (Lipinski definition) is 6. The van der Waals surface area contributed by atoms with Crippen molar-refractivity contribution >= 4 is 11.6 Å². The molecule has 1 saturated heterocycles. The van der Waals surface area contributed by atoms with Crippen LogP contribution in [0.4, 0.5) is 5.69 Å². The van der Waals surface area contributed by atoms with Crippen LogP contribution in [0.15, 0.2) is 48.8 Å². The first kappa shape index (κ1) is 17.2. The molecule has 2 aromatic heterocycles. The van der Waals surface area contributed by atoms with Crippen LogP contribution < -0.4 is 10.1 Å². The van der Waals surface area contributed by atoms with Gasteiger partial charge in [0.2, 0.25) is 11.8 Å². The number of rotatable bonds is 5. The number of aryl methyl sites for hydroxylation is 1. The Morgan fingerprint density at radius 2 is 2.15 bits per heavy atom. The monoisotopic (exact) mass is 365 g/mol. The number of nitrogens with one attached hydrogen (secondary N) is 1. The molecule has 1 aliphatic heterocycles. The zero-order chi connectivity index (χ0) is 18.6. The molecule has 1 atom stereocenters. The lowest BCUT2D eigenvalue weighted by Crippen LogP contribution is -2.22. The maximum absolute atomic E-state index is 12.1. The molecule has 0 aliphatic carbocycles. The zero-order valence-corrected chi connectivity index (χ0v) is 14.8. The molecule has 1 aromatic carbocycles. The molecule has 4 rings (SSSR count). The van der Waals surface area contributed by atoms with Crippen LogP contribution >= 0.6 is 0 Å². The second-order valence-corrected chi connectivity index (χ2v) is 6.24. The van der Waals surface area contributed by atoms with Gasteiger partial charge >= 0.3 is 0 Å². The molecule has 3 heterocycles. The standard InChI is InChI=1S/C19H19N5O3/c1-13-21-17(24-9-2-8-20-24)11-18(22-13)27-16-5-3-15(4-6-16)23-19(25)14-7-10-26-12-14/h2-6,8-9,11,14H,7,10,12H2,1H3,(H,23,25). The van der Waals surface area contributed by atoms with Gasteiger partial charge in [-0.05, 0) is 43.7 Å². The van der Waals surface area contributed by atoms with Crippen molar-refractivity contribution in [1.82, 2.24) is 19.7 Å². The molecule has 8 nitrogen and oxygen atoms in total. The maximum Gasteiger partial charge on any atom is 0.229 e. The summed E-state index contributed by atoms with van der Waals surface area (Å²) in [6.07, 6.45) is 4.25. The fourth-order valence-corrected chi connectivity index (χ4v) is 2.81. The molecule has 27 heavy (non-hydrogen) atoms. The summed E-state index contributed by atoms with van der Waals surface area (Å²) in [5.74, 6) is 2.16. The van der Waals surface area contributed by atoms with Crippen LogP contribution in [0.5, 0.6) is 11.6 Å². The van der Waals surface area contributed by atoms with Crippen molar-refractivity contribution in [2.24, 2.45) is 5.92 Å².